The molecule has 0 radical (unpaired) electrons. The summed E-state index contributed by atoms with van der Waals surface area (Å²) in [7, 11) is 0. The number of carbonyl (C=O) groups is 4. The van der Waals surface area contributed by atoms with Gasteiger partial charge in [-0.1, -0.05) is 0 Å². The van der Waals surface area contributed by atoms with Crippen molar-refractivity contribution in [3.05, 3.63) is 47.3 Å². The van der Waals surface area contributed by atoms with E-state index in [4.69, 9.17) is 20.4 Å². The Bertz CT molecular complexity index is 513. The molecular formula is C20H32O8Ti. The molecule has 0 aromatic carbocycles. The van der Waals surface area contributed by atoms with Crippen molar-refractivity contribution in [1.82, 2.24) is 0 Å². The van der Waals surface area contributed by atoms with E-state index in [1.54, 1.807) is 0 Å². The molecule has 0 bridgehead atoms. The Morgan fingerprint density at radius 2 is 0.517 bits per heavy atom. The SMILES string of the molecule is CC(=O)/C=C(/C)O.CC(=O)/C=C(/C)O.CC(=O)/C=C(/C)O.CC(=O)/C=C(\C)O.[Ti]. The molecule has 0 spiro atoms. The second-order valence-corrected chi connectivity index (χ2v) is 5.59. The van der Waals surface area contributed by atoms with Crippen LogP contribution in [0.15, 0.2) is 47.3 Å². The van der Waals surface area contributed by atoms with E-state index in [-0.39, 0.29) is 67.9 Å². The van der Waals surface area contributed by atoms with E-state index in [0.717, 1.165) is 0 Å². The molecule has 0 aliphatic heterocycles. The van der Waals surface area contributed by atoms with Gasteiger partial charge < -0.3 is 20.4 Å². The summed E-state index contributed by atoms with van der Waals surface area (Å²) in [5.74, 6) is -0.250. The van der Waals surface area contributed by atoms with Gasteiger partial charge in [0, 0.05) is 46.0 Å². The van der Waals surface area contributed by atoms with E-state index in [9.17, 15) is 19.2 Å². The van der Waals surface area contributed by atoms with Gasteiger partial charge in [-0.05, 0) is 55.4 Å². The number of aliphatic hydroxyl groups is 4. The molecule has 0 aromatic rings. The van der Waals surface area contributed by atoms with Crippen LogP contribution in [-0.4, -0.2) is 43.6 Å². The summed E-state index contributed by atoms with van der Waals surface area (Å²) in [6, 6.07) is 0. The molecule has 0 aliphatic rings. The molecule has 0 heterocycles. The summed E-state index contributed by atoms with van der Waals surface area (Å²) in [4.78, 5) is 40.1. The third-order valence-electron chi connectivity index (χ3n) is 1.65. The second-order valence-electron chi connectivity index (χ2n) is 5.59. The predicted molar refractivity (Wildman–Crippen MR) is 108 cm³/mol. The second kappa shape index (κ2) is 23.6. The molecule has 0 atom stereocenters. The van der Waals surface area contributed by atoms with E-state index in [1.165, 1.54) is 79.7 Å². The fraction of sp³-hybridized carbons (Fsp3) is 0.400. The van der Waals surface area contributed by atoms with Crippen LogP contribution in [0.25, 0.3) is 0 Å². The maximum atomic E-state index is 10.0. The van der Waals surface area contributed by atoms with Crippen LogP contribution in [0.3, 0.4) is 0 Å². The van der Waals surface area contributed by atoms with Crippen LogP contribution in [-0.2, 0) is 40.9 Å². The first kappa shape index (κ1) is 37.3. The van der Waals surface area contributed by atoms with Crippen molar-refractivity contribution in [1.29, 1.82) is 0 Å². The van der Waals surface area contributed by atoms with Crippen molar-refractivity contribution in [2.45, 2.75) is 55.4 Å². The van der Waals surface area contributed by atoms with E-state index in [0.29, 0.717) is 0 Å². The van der Waals surface area contributed by atoms with Crippen LogP contribution < -0.4 is 0 Å². The fourth-order valence-electron chi connectivity index (χ4n) is 1.18. The molecule has 0 unspecified atom stereocenters. The molecule has 9 heteroatoms. The van der Waals surface area contributed by atoms with E-state index in [1.807, 2.05) is 0 Å². The van der Waals surface area contributed by atoms with Gasteiger partial charge in [0.15, 0.2) is 23.1 Å². The van der Waals surface area contributed by atoms with Crippen molar-refractivity contribution in [2.75, 3.05) is 0 Å². The van der Waals surface area contributed by atoms with Gasteiger partial charge >= 0.3 is 0 Å². The van der Waals surface area contributed by atoms with Gasteiger partial charge in [-0.15, -0.1) is 0 Å². The number of hydrogen-bond donors (Lipinski definition) is 4. The first-order valence-electron chi connectivity index (χ1n) is 8.02. The third kappa shape index (κ3) is 77.2. The Balaban J connectivity index is -0.0000000873. The summed E-state index contributed by atoms with van der Waals surface area (Å²) in [6.07, 6.45) is 4.67. The van der Waals surface area contributed by atoms with Crippen LogP contribution >= 0.6 is 0 Å². The largest absolute Gasteiger partial charge is 0.512 e. The van der Waals surface area contributed by atoms with Gasteiger partial charge in [0.2, 0.25) is 0 Å². The van der Waals surface area contributed by atoms with Crippen molar-refractivity contribution >= 4 is 23.1 Å². The molecule has 0 aliphatic carbocycles. The van der Waals surface area contributed by atoms with E-state index >= 15 is 0 Å². The Kier molecular flexibility index (Phi) is 30.4. The quantitative estimate of drug-likeness (QED) is 0.285. The molecule has 164 valence electrons. The molecule has 0 saturated heterocycles. The maximum Gasteiger partial charge on any atom is 0.155 e. The predicted octanol–water partition coefficient (Wildman–Crippen LogP) is 4.15. The number of allylic oxidation sites excluding steroid dienone is 8. The molecule has 0 aromatic heterocycles. The van der Waals surface area contributed by atoms with Gasteiger partial charge in [0.05, 0.1) is 23.0 Å². The van der Waals surface area contributed by atoms with Crippen LogP contribution in [0.1, 0.15) is 55.4 Å². The number of rotatable bonds is 4. The Morgan fingerprint density at radius 3 is 0.517 bits per heavy atom. The number of carbonyl (C=O) groups excluding carboxylic acids is 4. The zero-order valence-corrected chi connectivity index (χ0v) is 19.8. The van der Waals surface area contributed by atoms with Crippen LogP contribution in [0.2, 0.25) is 0 Å². The minimum absolute atomic E-state index is 0. The molecule has 0 rings (SSSR count). The van der Waals surface area contributed by atoms with Gasteiger partial charge in [-0.25, -0.2) is 0 Å². The minimum Gasteiger partial charge on any atom is -0.512 e. The normalized spacial score (nSPS) is 11.0. The van der Waals surface area contributed by atoms with Gasteiger partial charge in [0.1, 0.15) is 0 Å². The monoisotopic (exact) mass is 448 g/mol. The number of ketones is 4. The van der Waals surface area contributed by atoms with Crippen LogP contribution in [0.5, 0.6) is 0 Å². The fourth-order valence-corrected chi connectivity index (χ4v) is 1.18. The van der Waals surface area contributed by atoms with Crippen molar-refractivity contribution in [3.8, 4) is 0 Å². The Labute approximate surface area is 187 Å². The average molecular weight is 448 g/mol. The summed E-state index contributed by atoms with van der Waals surface area (Å²) < 4.78 is 0. The van der Waals surface area contributed by atoms with E-state index < -0.39 is 0 Å². The first-order chi connectivity index (χ1) is 12.5. The zero-order valence-electron chi connectivity index (χ0n) is 18.2. The summed E-state index contributed by atoms with van der Waals surface area (Å²) in [5.41, 5.74) is 0. The first-order valence-corrected chi connectivity index (χ1v) is 8.02. The number of aliphatic hydroxyl groups excluding tert-OH is 4. The van der Waals surface area contributed by atoms with Crippen LogP contribution in [0.4, 0.5) is 0 Å². The van der Waals surface area contributed by atoms with E-state index in [2.05, 4.69) is 0 Å². The van der Waals surface area contributed by atoms with Crippen molar-refractivity contribution in [3.63, 3.8) is 0 Å². The molecule has 0 amide bonds. The Morgan fingerprint density at radius 1 is 0.414 bits per heavy atom. The summed E-state index contributed by atoms with van der Waals surface area (Å²) in [5, 5.41) is 33.5. The molecule has 29 heavy (non-hydrogen) atoms. The Hall–Kier alpha value is -2.45. The van der Waals surface area contributed by atoms with Gasteiger partial charge in [-0.2, -0.15) is 0 Å². The molecule has 0 fully saturated rings. The summed E-state index contributed by atoms with van der Waals surface area (Å²) in [6.45, 7) is 11.4. The van der Waals surface area contributed by atoms with Gasteiger partial charge in [-0.3, -0.25) is 19.2 Å². The average Bonchev–Trinajstić information content (AvgIpc) is 2.32. The maximum absolute atomic E-state index is 10.0. The van der Waals surface area contributed by atoms with Gasteiger partial charge in [0.25, 0.3) is 0 Å². The minimum atomic E-state index is -0.125. The zero-order chi connectivity index (χ0) is 23.4. The molecule has 8 nitrogen and oxygen atoms in total. The molecule has 4 N–H and O–H groups in total. The standard InChI is InChI=1S/4C5H8O2.Ti/c4*1-4(6)3-5(2)7;/h4*3,6H,1-2H3;/b4-3+;3*4-3-;. The summed E-state index contributed by atoms with van der Waals surface area (Å²) >= 11 is 0. The molecular weight excluding hydrogens is 416 g/mol. The molecule has 0 saturated carbocycles. The van der Waals surface area contributed by atoms with Crippen molar-refractivity contribution < 1.29 is 61.3 Å². The number of hydrogen-bond acceptors (Lipinski definition) is 8. The van der Waals surface area contributed by atoms with Crippen molar-refractivity contribution in [2.24, 2.45) is 0 Å². The topological polar surface area (TPSA) is 149 Å². The van der Waals surface area contributed by atoms with Crippen LogP contribution in [0, 0.1) is 0 Å². The smallest absolute Gasteiger partial charge is 0.155 e. The third-order valence-corrected chi connectivity index (χ3v) is 1.65.